The number of nitrogens with zero attached hydrogens (tertiary/aromatic N) is 6. The number of aliphatic hydroxyl groups excluding tert-OH is 1. The second-order valence-electron chi connectivity index (χ2n) is 7.65. The van der Waals surface area contributed by atoms with Gasteiger partial charge in [-0.15, -0.1) is 0 Å². The predicted molar refractivity (Wildman–Crippen MR) is 99.2 cm³/mol. The largest absolute Gasteiger partial charge is 0.391 e. The van der Waals surface area contributed by atoms with Crippen molar-refractivity contribution in [3.63, 3.8) is 0 Å². The molecule has 8 nitrogen and oxygen atoms in total. The van der Waals surface area contributed by atoms with Crippen molar-refractivity contribution in [2.24, 2.45) is 5.73 Å². The number of nitriles is 1. The van der Waals surface area contributed by atoms with Gasteiger partial charge in [-0.3, -0.25) is 4.68 Å². The summed E-state index contributed by atoms with van der Waals surface area (Å²) in [4.78, 5) is 2.09. The fourth-order valence-corrected chi connectivity index (χ4v) is 4.42. The number of aromatic nitrogens is 4. The summed E-state index contributed by atoms with van der Waals surface area (Å²) in [6.07, 6.45) is 1.59. The maximum atomic E-state index is 14.5. The molecule has 0 amide bonds. The van der Waals surface area contributed by atoms with Crippen LogP contribution in [0.25, 0.3) is 5.52 Å². The Balaban J connectivity index is 1.60. The molecule has 5 rings (SSSR count). The maximum absolute atomic E-state index is 14.5. The number of hydrogen-bond acceptors (Lipinski definition) is 6. The standard InChI is InChI=1S/C19H20FN7O/c1-10-8-25(16-3-2-11(6-21)27-19(16)13(20)7-23-27)9-17-12-4-18(28)14(22)5-15(12)24-26(10)17/h2-3,7,10,14,18,28H,4-5,8-9,22H2,1H3/t10-,14?,18?/m1/s1. The number of pyridine rings is 1. The zero-order valence-corrected chi connectivity index (χ0v) is 15.4. The Morgan fingerprint density at radius 3 is 2.96 bits per heavy atom. The van der Waals surface area contributed by atoms with Gasteiger partial charge in [0.25, 0.3) is 0 Å². The number of fused-ring (bicyclic) bond motifs is 4. The summed E-state index contributed by atoms with van der Waals surface area (Å²) in [6, 6.07) is 5.25. The fraction of sp³-hybridized carbons (Fsp3) is 0.421. The van der Waals surface area contributed by atoms with E-state index in [2.05, 4.69) is 16.9 Å². The molecule has 2 unspecified atom stereocenters. The SMILES string of the molecule is C[C@@H]1CN(c2ccc(C#N)n3ncc(F)c23)Cc2c3c(nn21)CC(N)C(O)C3. The van der Waals surface area contributed by atoms with Crippen molar-refractivity contribution in [2.45, 2.75) is 44.5 Å². The Kier molecular flexibility index (Phi) is 3.69. The van der Waals surface area contributed by atoms with Crippen LogP contribution in [0.15, 0.2) is 18.3 Å². The molecule has 144 valence electrons. The molecular formula is C19H20FN7O. The fourth-order valence-electron chi connectivity index (χ4n) is 4.42. The normalized spacial score (nSPS) is 24.1. The molecule has 3 N–H and O–H groups in total. The molecule has 0 saturated carbocycles. The van der Waals surface area contributed by atoms with Crippen LogP contribution in [0.5, 0.6) is 0 Å². The van der Waals surface area contributed by atoms with Crippen LogP contribution in [0.2, 0.25) is 0 Å². The van der Waals surface area contributed by atoms with Crippen LogP contribution in [-0.4, -0.2) is 43.2 Å². The average molecular weight is 381 g/mol. The first kappa shape index (κ1) is 17.2. The van der Waals surface area contributed by atoms with Gasteiger partial charge in [0.2, 0.25) is 0 Å². The number of anilines is 1. The minimum absolute atomic E-state index is 0.0735. The van der Waals surface area contributed by atoms with Crippen LogP contribution in [0.1, 0.15) is 35.6 Å². The van der Waals surface area contributed by atoms with Crippen LogP contribution in [0, 0.1) is 17.1 Å². The smallest absolute Gasteiger partial charge is 0.171 e. The van der Waals surface area contributed by atoms with E-state index in [1.54, 1.807) is 12.1 Å². The van der Waals surface area contributed by atoms with E-state index < -0.39 is 11.9 Å². The summed E-state index contributed by atoms with van der Waals surface area (Å²) in [7, 11) is 0. The van der Waals surface area contributed by atoms with Crippen molar-refractivity contribution in [2.75, 3.05) is 11.4 Å². The topological polar surface area (TPSA) is 108 Å². The van der Waals surface area contributed by atoms with Crippen molar-refractivity contribution in [3.8, 4) is 6.07 Å². The molecule has 9 heteroatoms. The molecule has 3 aromatic rings. The third-order valence-electron chi connectivity index (χ3n) is 5.83. The second-order valence-corrected chi connectivity index (χ2v) is 7.65. The van der Waals surface area contributed by atoms with E-state index >= 15 is 0 Å². The van der Waals surface area contributed by atoms with Crippen molar-refractivity contribution in [3.05, 3.63) is 46.8 Å². The van der Waals surface area contributed by atoms with Gasteiger partial charge in [-0.1, -0.05) is 0 Å². The molecule has 1 aliphatic carbocycles. The lowest BCUT2D eigenvalue weighted by molar-refractivity contribution is 0.136. The van der Waals surface area contributed by atoms with Gasteiger partial charge in [-0.25, -0.2) is 8.91 Å². The summed E-state index contributed by atoms with van der Waals surface area (Å²) in [5.41, 5.74) is 10.3. The summed E-state index contributed by atoms with van der Waals surface area (Å²) in [5, 5.41) is 28.3. The molecule has 0 bridgehead atoms. The number of nitrogens with two attached hydrogens (primary N) is 1. The molecule has 0 spiro atoms. The third kappa shape index (κ3) is 2.35. The highest BCUT2D eigenvalue weighted by Crippen LogP contribution is 2.35. The third-order valence-corrected chi connectivity index (χ3v) is 5.83. The number of aliphatic hydroxyl groups is 1. The quantitative estimate of drug-likeness (QED) is 0.649. The minimum Gasteiger partial charge on any atom is -0.391 e. The maximum Gasteiger partial charge on any atom is 0.171 e. The molecule has 28 heavy (non-hydrogen) atoms. The number of rotatable bonds is 1. The van der Waals surface area contributed by atoms with Crippen LogP contribution >= 0.6 is 0 Å². The van der Waals surface area contributed by atoms with E-state index in [0.717, 1.165) is 23.1 Å². The van der Waals surface area contributed by atoms with Crippen LogP contribution < -0.4 is 10.6 Å². The summed E-state index contributed by atoms with van der Waals surface area (Å²) < 4.78 is 17.9. The second kappa shape index (κ2) is 6.02. The van der Waals surface area contributed by atoms with Gasteiger partial charge in [0.1, 0.15) is 17.3 Å². The van der Waals surface area contributed by atoms with Gasteiger partial charge in [-0.2, -0.15) is 15.5 Å². The molecule has 0 fully saturated rings. The number of halogens is 1. The van der Waals surface area contributed by atoms with E-state index in [-0.39, 0.29) is 17.8 Å². The van der Waals surface area contributed by atoms with E-state index in [1.165, 1.54) is 4.52 Å². The van der Waals surface area contributed by atoms with E-state index in [9.17, 15) is 14.8 Å². The van der Waals surface area contributed by atoms with E-state index in [1.807, 2.05) is 10.8 Å². The van der Waals surface area contributed by atoms with E-state index in [4.69, 9.17) is 10.8 Å². The molecule has 1 aliphatic heterocycles. The molecular weight excluding hydrogens is 361 g/mol. The van der Waals surface area contributed by atoms with Crippen LogP contribution in [0.4, 0.5) is 10.1 Å². The molecule has 3 atom stereocenters. The summed E-state index contributed by atoms with van der Waals surface area (Å²) in [5.74, 6) is -0.456. The highest BCUT2D eigenvalue weighted by Gasteiger charge is 2.34. The van der Waals surface area contributed by atoms with Gasteiger partial charge < -0.3 is 15.7 Å². The zero-order chi connectivity index (χ0) is 19.6. The molecule has 2 aliphatic rings. The highest BCUT2D eigenvalue weighted by molar-refractivity contribution is 5.75. The lowest BCUT2D eigenvalue weighted by Crippen LogP contribution is -2.42. The first-order chi connectivity index (χ1) is 13.5. The lowest BCUT2D eigenvalue weighted by Gasteiger charge is -2.35. The Hall–Kier alpha value is -2.96. The Bertz CT molecular complexity index is 1130. The monoisotopic (exact) mass is 381 g/mol. The van der Waals surface area contributed by atoms with Gasteiger partial charge >= 0.3 is 0 Å². The van der Waals surface area contributed by atoms with Gasteiger partial charge in [0, 0.05) is 31.0 Å². The van der Waals surface area contributed by atoms with Crippen molar-refractivity contribution in [1.29, 1.82) is 5.26 Å². The van der Waals surface area contributed by atoms with Gasteiger partial charge in [0.05, 0.1) is 42.0 Å². The highest BCUT2D eigenvalue weighted by atomic mass is 19.1. The lowest BCUT2D eigenvalue weighted by atomic mass is 9.89. The molecule has 4 heterocycles. The summed E-state index contributed by atoms with van der Waals surface area (Å²) in [6.45, 7) is 3.26. The Labute approximate surface area is 160 Å². The first-order valence-electron chi connectivity index (χ1n) is 9.32. The van der Waals surface area contributed by atoms with E-state index in [0.29, 0.717) is 37.1 Å². The summed E-state index contributed by atoms with van der Waals surface area (Å²) >= 11 is 0. The van der Waals surface area contributed by atoms with Crippen molar-refractivity contribution < 1.29 is 9.50 Å². The number of hydrogen-bond donors (Lipinski definition) is 2. The predicted octanol–water partition coefficient (Wildman–Crippen LogP) is 0.910. The molecule has 0 aromatic carbocycles. The van der Waals surface area contributed by atoms with Gasteiger partial charge in [0.15, 0.2) is 5.82 Å². The zero-order valence-electron chi connectivity index (χ0n) is 15.4. The van der Waals surface area contributed by atoms with Gasteiger partial charge in [-0.05, 0) is 19.1 Å². The van der Waals surface area contributed by atoms with Crippen LogP contribution in [-0.2, 0) is 19.4 Å². The Morgan fingerprint density at radius 1 is 1.36 bits per heavy atom. The minimum atomic E-state index is -0.582. The van der Waals surface area contributed by atoms with Crippen molar-refractivity contribution >= 4 is 11.2 Å². The Morgan fingerprint density at radius 2 is 2.18 bits per heavy atom. The molecule has 0 radical (unpaired) electrons. The van der Waals surface area contributed by atoms with Crippen molar-refractivity contribution in [1.82, 2.24) is 19.4 Å². The molecule has 3 aromatic heterocycles. The molecule has 0 saturated heterocycles. The first-order valence-corrected chi connectivity index (χ1v) is 9.32. The average Bonchev–Trinajstić information content (AvgIpc) is 3.23. The van der Waals surface area contributed by atoms with Crippen LogP contribution in [0.3, 0.4) is 0 Å².